The van der Waals surface area contributed by atoms with Crippen LogP contribution < -0.4 is 0 Å². The molecular weight excluding hydrogens is 204 g/mol. The molecule has 0 aromatic carbocycles. The molecule has 0 bridgehead atoms. The van der Waals surface area contributed by atoms with Gasteiger partial charge in [-0.3, -0.25) is 0 Å². The zero-order valence-electron chi connectivity index (χ0n) is 8.97. The van der Waals surface area contributed by atoms with Gasteiger partial charge < -0.3 is 29.2 Å². The van der Waals surface area contributed by atoms with Crippen molar-refractivity contribution in [2.24, 2.45) is 0 Å². The number of aliphatic hydroxyl groups excluding tert-OH is 1. The van der Waals surface area contributed by atoms with Gasteiger partial charge in [0.1, 0.15) is 12.2 Å². The van der Waals surface area contributed by atoms with Crippen LogP contribution in [0.25, 0.3) is 0 Å². The van der Waals surface area contributed by atoms with Crippen LogP contribution in [0.2, 0.25) is 0 Å². The first-order chi connectivity index (χ1) is 6.92. The molecule has 1 unspecified atom stereocenters. The van der Waals surface area contributed by atoms with Crippen LogP contribution in [0.5, 0.6) is 0 Å². The first-order valence-corrected chi connectivity index (χ1v) is 4.84. The summed E-state index contributed by atoms with van der Waals surface area (Å²) >= 11 is 0. The van der Waals surface area contributed by atoms with E-state index in [-0.39, 0.29) is 6.61 Å². The molecule has 0 aromatic heterocycles. The zero-order valence-corrected chi connectivity index (χ0v) is 8.97. The first kappa shape index (κ1) is 11.3. The van der Waals surface area contributed by atoms with Crippen LogP contribution in [0.4, 0.5) is 0 Å². The van der Waals surface area contributed by atoms with E-state index in [4.69, 9.17) is 24.1 Å². The lowest BCUT2D eigenvalue weighted by molar-refractivity contribution is -0.382. The van der Waals surface area contributed by atoms with Gasteiger partial charge >= 0.3 is 5.97 Å². The van der Waals surface area contributed by atoms with Gasteiger partial charge in [-0.25, -0.2) is 0 Å². The lowest BCUT2D eigenvalue weighted by atomic mass is 10.1. The van der Waals surface area contributed by atoms with E-state index in [1.54, 1.807) is 13.8 Å². The smallest absolute Gasteiger partial charge is 0.311 e. The fraction of sp³-hybridized carbons (Fsp3) is 1.00. The second-order valence-corrected chi connectivity index (χ2v) is 4.19. The molecule has 2 aliphatic rings. The molecule has 2 saturated heterocycles. The lowest BCUT2D eigenvalue weighted by Gasteiger charge is -2.27. The van der Waals surface area contributed by atoms with Gasteiger partial charge in [0.25, 0.3) is 0 Å². The van der Waals surface area contributed by atoms with Crippen molar-refractivity contribution >= 4 is 0 Å². The van der Waals surface area contributed by atoms with Crippen LogP contribution in [-0.2, 0) is 18.9 Å². The average Bonchev–Trinajstić information content (AvgIpc) is 2.61. The highest BCUT2D eigenvalue weighted by Crippen LogP contribution is 2.42. The van der Waals surface area contributed by atoms with Crippen LogP contribution in [0.1, 0.15) is 13.8 Å². The third-order valence-corrected chi connectivity index (χ3v) is 2.65. The highest BCUT2D eigenvalue weighted by atomic mass is 16.9. The standard InChI is InChI=1S/C9H16O6/c1-8(2)14-6-5(4-10)13-9(11,12-3)7(6)15-8/h5-7,10-11H,4H2,1-3H3/t5-,6-,7-,9?/m0/s1. The summed E-state index contributed by atoms with van der Waals surface area (Å²) in [7, 11) is 1.31. The lowest BCUT2D eigenvalue weighted by Crippen LogP contribution is -2.44. The summed E-state index contributed by atoms with van der Waals surface area (Å²) in [6, 6.07) is 0. The first-order valence-electron chi connectivity index (χ1n) is 4.84. The van der Waals surface area contributed by atoms with Crippen LogP contribution >= 0.6 is 0 Å². The quantitative estimate of drug-likeness (QED) is 0.593. The predicted molar refractivity (Wildman–Crippen MR) is 47.7 cm³/mol. The van der Waals surface area contributed by atoms with Gasteiger partial charge in [0.2, 0.25) is 0 Å². The van der Waals surface area contributed by atoms with E-state index in [1.165, 1.54) is 7.11 Å². The Morgan fingerprint density at radius 3 is 2.47 bits per heavy atom. The summed E-state index contributed by atoms with van der Waals surface area (Å²) in [5.41, 5.74) is 0. The SMILES string of the molecule is COC1(O)O[C@@H](CO)[C@@H]2OC(C)(C)O[C@@H]21. The van der Waals surface area contributed by atoms with Crippen molar-refractivity contribution in [3.63, 3.8) is 0 Å². The van der Waals surface area contributed by atoms with Crippen LogP contribution in [0, 0.1) is 0 Å². The number of aliphatic hydroxyl groups is 2. The summed E-state index contributed by atoms with van der Waals surface area (Å²) in [6.45, 7) is 3.21. The van der Waals surface area contributed by atoms with Gasteiger partial charge in [-0.1, -0.05) is 0 Å². The number of fused-ring (bicyclic) bond motifs is 1. The maximum Gasteiger partial charge on any atom is 0.311 e. The average molecular weight is 220 g/mol. The Kier molecular flexibility index (Phi) is 2.53. The zero-order chi connectivity index (χ0) is 11.3. The van der Waals surface area contributed by atoms with E-state index >= 15 is 0 Å². The Hall–Kier alpha value is -0.240. The number of hydrogen-bond donors (Lipinski definition) is 2. The largest absolute Gasteiger partial charge is 0.394 e. The van der Waals surface area contributed by atoms with E-state index < -0.39 is 30.1 Å². The second kappa shape index (κ2) is 3.38. The molecule has 0 radical (unpaired) electrons. The molecule has 6 nitrogen and oxygen atoms in total. The molecule has 0 aromatic rings. The molecule has 0 spiro atoms. The minimum atomic E-state index is -1.84. The van der Waals surface area contributed by atoms with Gasteiger partial charge in [-0.2, -0.15) is 0 Å². The number of methoxy groups -OCH3 is 1. The minimum Gasteiger partial charge on any atom is -0.394 e. The second-order valence-electron chi connectivity index (χ2n) is 4.19. The normalized spacial score (nSPS) is 48.2. The summed E-state index contributed by atoms with van der Waals surface area (Å²) in [5, 5.41) is 19.0. The van der Waals surface area contributed by atoms with E-state index in [9.17, 15) is 5.11 Å². The Morgan fingerprint density at radius 1 is 1.27 bits per heavy atom. The van der Waals surface area contributed by atoms with Crippen molar-refractivity contribution in [1.29, 1.82) is 0 Å². The van der Waals surface area contributed by atoms with Gasteiger partial charge in [0.15, 0.2) is 11.9 Å². The molecule has 2 aliphatic heterocycles. The van der Waals surface area contributed by atoms with Crippen molar-refractivity contribution < 1.29 is 29.2 Å². The molecule has 0 amide bonds. The van der Waals surface area contributed by atoms with E-state index in [0.717, 1.165) is 0 Å². The van der Waals surface area contributed by atoms with Gasteiger partial charge in [0.05, 0.1) is 6.61 Å². The third-order valence-electron chi connectivity index (χ3n) is 2.65. The molecule has 0 saturated carbocycles. The molecule has 88 valence electrons. The fourth-order valence-electron chi connectivity index (χ4n) is 2.00. The molecule has 4 atom stereocenters. The molecule has 0 aliphatic carbocycles. The highest BCUT2D eigenvalue weighted by molar-refractivity contribution is 4.97. The van der Waals surface area contributed by atoms with E-state index in [2.05, 4.69) is 0 Å². The topological polar surface area (TPSA) is 77.4 Å². The molecule has 6 heteroatoms. The van der Waals surface area contributed by atoms with Crippen molar-refractivity contribution in [3.8, 4) is 0 Å². The number of ether oxygens (including phenoxy) is 4. The van der Waals surface area contributed by atoms with Gasteiger partial charge in [-0.15, -0.1) is 0 Å². The molecular formula is C9H16O6. The van der Waals surface area contributed by atoms with Crippen LogP contribution in [0.15, 0.2) is 0 Å². The van der Waals surface area contributed by atoms with Crippen molar-refractivity contribution in [1.82, 2.24) is 0 Å². The monoisotopic (exact) mass is 220 g/mol. The summed E-state index contributed by atoms with van der Waals surface area (Å²) in [5.74, 6) is -2.65. The predicted octanol–water partition coefficient (Wildman–Crippen LogP) is -0.810. The van der Waals surface area contributed by atoms with Crippen molar-refractivity contribution in [3.05, 3.63) is 0 Å². The fourth-order valence-corrected chi connectivity index (χ4v) is 2.00. The molecule has 2 rings (SSSR count). The molecule has 15 heavy (non-hydrogen) atoms. The summed E-state index contributed by atoms with van der Waals surface area (Å²) < 4.78 is 21.0. The molecule has 2 fully saturated rings. The van der Waals surface area contributed by atoms with Crippen LogP contribution in [-0.4, -0.2) is 54.0 Å². The van der Waals surface area contributed by atoms with Crippen LogP contribution in [0.3, 0.4) is 0 Å². The molecule has 2 heterocycles. The number of hydrogen-bond acceptors (Lipinski definition) is 6. The molecule has 2 N–H and O–H groups in total. The third kappa shape index (κ3) is 1.67. The van der Waals surface area contributed by atoms with Crippen molar-refractivity contribution in [2.45, 2.75) is 43.9 Å². The van der Waals surface area contributed by atoms with Gasteiger partial charge in [0, 0.05) is 7.11 Å². The van der Waals surface area contributed by atoms with E-state index in [0.29, 0.717) is 0 Å². The Balaban J connectivity index is 2.23. The minimum absolute atomic E-state index is 0.258. The van der Waals surface area contributed by atoms with Gasteiger partial charge in [-0.05, 0) is 13.8 Å². The maximum atomic E-state index is 9.94. The maximum absolute atomic E-state index is 9.94. The highest BCUT2D eigenvalue weighted by Gasteiger charge is 2.63. The van der Waals surface area contributed by atoms with E-state index in [1.807, 2.05) is 0 Å². The number of rotatable bonds is 2. The summed E-state index contributed by atoms with van der Waals surface area (Å²) in [4.78, 5) is 0. The summed E-state index contributed by atoms with van der Waals surface area (Å²) in [6.07, 6.45) is -1.90. The Morgan fingerprint density at radius 2 is 1.93 bits per heavy atom. The Bertz CT molecular complexity index is 255. The van der Waals surface area contributed by atoms with Crippen molar-refractivity contribution in [2.75, 3.05) is 13.7 Å². The Labute approximate surface area is 87.7 Å².